The first kappa shape index (κ1) is 11.5. The molecule has 7 heteroatoms. The Balaban J connectivity index is 2.36. The van der Waals surface area contributed by atoms with E-state index >= 15 is 0 Å². The van der Waals surface area contributed by atoms with Crippen molar-refractivity contribution in [1.29, 1.82) is 0 Å². The Hall–Kier alpha value is -2.02. The maximum absolute atomic E-state index is 5.73. The molecule has 0 radical (unpaired) electrons. The fraction of sp³-hybridized carbons (Fsp3) is 0.400. The second-order valence-corrected chi connectivity index (χ2v) is 4.04. The van der Waals surface area contributed by atoms with Crippen molar-refractivity contribution in [3.63, 3.8) is 0 Å². The van der Waals surface area contributed by atoms with E-state index in [0.29, 0.717) is 23.8 Å². The maximum atomic E-state index is 5.73. The van der Waals surface area contributed by atoms with E-state index in [1.165, 1.54) is 0 Å². The summed E-state index contributed by atoms with van der Waals surface area (Å²) in [6, 6.07) is 0.382. The zero-order valence-electron chi connectivity index (χ0n) is 9.81. The quantitative estimate of drug-likeness (QED) is 0.687. The van der Waals surface area contributed by atoms with Gasteiger partial charge in [-0.3, -0.25) is 0 Å². The minimum Gasteiger partial charge on any atom is -0.382 e. The van der Waals surface area contributed by atoms with Crippen LogP contribution in [0.2, 0.25) is 0 Å². The molecule has 0 saturated carbocycles. The molecular formula is C10H15N7. The maximum Gasteiger partial charge on any atom is 0.224 e. The van der Waals surface area contributed by atoms with Gasteiger partial charge in [-0.2, -0.15) is 9.97 Å². The number of hydrogen-bond donors (Lipinski definition) is 3. The van der Waals surface area contributed by atoms with Gasteiger partial charge in [0.15, 0.2) is 17.0 Å². The molecule has 0 aliphatic heterocycles. The third-order valence-corrected chi connectivity index (χ3v) is 2.19. The molecule has 2 aromatic rings. The Labute approximate surface area is 98.7 Å². The number of nitrogens with one attached hydrogen (secondary N) is 1. The van der Waals surface area contributed by atoms with Gasteiger partial charge in [0.1, 0.15) is 0 Å². The van der Waals surface area contributed by atoms with Crippen LogP contribution in [0.25, 0.3) is 11.2 Å². The van der Waals surface area contributed by atoms with Gasteiger partial charge in [-0.15, -0.1) is 0 Å². The van der Waals surface area contributed by atoms with E-state index in [1.54, 1.807) is 6.20 Å². The normalized spacial score (nSPS) is 11.2. The number of nitrogen functional groups attached to an aromatic ring is 2. The molecule has 2 rings (SSSR count). The second-order valence-electron chi connectivity index (χ2n) is 4.04. The lowest BCUT2D eigenvalue weighted by Gasteiger charge is -2.08. The first-order valence-corrected chi connectivity index (χ1v) is 5.34. The highest BCUT2D eigenvalue weighted by Crippen LogP contribution is 2.14. The summed E-state index contributed by atoms with van der Waals surface area (Å²) in [5, 5.41) is 3.25. The number of anilines is 2. The van der Waals surface area contributed by atoms with E-state index in [1.807, 2.05) is 0 Å². The van der Waals surface area contributed by atoms with Crippen LogP contribution >= 0.6 is 0 Å². The number of hydrogen-bond acceptors (Lipinski definition) is 7. The van der Waals surface area contributed by atoms with Crippen LogP contribution in [0, 0.1) is 0 Å². The Morgan fingerprint density at radius 1 is 1.24 bits per heavy atom. The number of fused-ring (bicyclic) bond motifs is 1. The van der Waals surface area contributed by atoms with Crippen molar-refractivity contribution in [3.8, 4) is 0 Å². The first-order chi connectivity index (χ1) is 8.06. The lowest BCUT2D eigenvalue weighted by atomic mass is 10.3. The van der Waals surface area contributed by atoms with Gasteiger partial charge in [0.25, 0.3) is 0 Å². The second kappa shape index (κ2) is 4.46. The standard InChI is InChI=1S/C10H15N7/c1-5(2)13-3-6-4-14-9-7(15-6)8(11)16-10(12)17-9/h4-5,13H,3H2,1-2H3,(H4,11,12,14,16,17). The van der Waals surface area contributed by atoms with Gasteiger partial charge in [-0.25, -0.2) is 9.97 Å². The van der Waals surface area contributed by atoms with Crippen molar-refractivity contribution in [1.82, 2.24) is 25.3 Å². The lowest BCUT2D eigenvalue weighted by Crippen LogP contribution is -2.22. The molecule has 0 atom stereocenters. The minimum absolute atomic E-state index is 0.109. The Morgan fingerprint density at radius 3 is 2.71 bits per heavy atom. The number of nitrogens with two attached hydrogens (primary N) is 2. The highest BCUT2D eigenvalue weighted by Gasteiger charge is 2.07. The Morgan fingerprint density at radius 2 is 2.00 bits per heavy atom. The molecule has 0 aliphatic rings. The molecule has 0 aliphatic carbocycles. The molecule has 0 aromatic carbocycles. The zero-order valence-corrected chi connectivity index (χ0v) is 9.81. The van der Waals surface area contributed by atoms with E-state index in [0.717, 1.165) is 5.69 Å². The third-order valence-electron chi connectivity index (χ3n) is 2.19. The third kappa shape index (κ3) is 2.56. The molecule has 5 N–H and O–H groups in total. The first-order valence-electron chi connectivity index (χ1n) is 5.34. The smallest absolute Gasteiger partial charge is 0.224 e. The van der Waals surface area contributed by atoms with E-state index in [-0.39, 0.29) is 11.8 Å². The monoisotopic (exact) mass is 233 g/mol. The van der Waals surface area contributed by atoms with Gasteiger partial charge < -0.3 is 16.8 Å². The summed E-state index contributed by atoms with van der Waals surface area (Å²) in [7, 11) is 0. The summed E-state index contributed by atoms with van der Waals surface area (Å²) in [6.07, 6.45) is 1.66. The van der Waals surface area contributed by atoms with E-state index in [9.17, 15) is 0 Å². The van der Waals surface area contributed by atoms with Gasteiger partial charge in [0.05, 0.1) is 11.9 Å². The number of rotatable bonds is 3. The lowest BCUT2D eigenvalue weighted by molar-refractivity contribution is 0.581. The van der Waals surface area contributed by atoms with Gasteiger partial charge in [-0.1, -0.05) is 13.8 Å². The van der Waals surface area contributed by atoms with Gasteiger partial charge >= 0.3 is 0 Å². The van der Waals surface area contributed by atoms with E-state index < -0.39 is 0 Å². The SMILES string of the molecule is CC(C)NCc1cnc2nc(N)nc(N)c2n1. The average molecular weight is 233 g/mol. The fourth-order valence-electron chi connectivity index (χ4n) is 1.38. The van der Waals surface area contributed by atoms with E-state index in [2.05, 4.69) is 39.1 Å². The zero-order chi connectivity index (χ0) is 12.4. The average Bonchev–Trinajstić information content (AvgIpc) is 2.26. The van der Waals surface area contributed by atoms with Crippen molar-refractivity contribution in [3.05, 3.63) is 11.9 Å². The van der Waals surface area contributed by atoms with E-state index in [4.69, 9.17) is 11.5 Å². The highest BCUT2D eigenvalue weighted by atomic mass is 15.1. The van der Waals surface area contributed by atoms with Crippen molar-refractivity contribution in [2.75, 3.05) is 11.5 Å². The van der Waals surface area contributed by atoms with Crippen LogP contribution in [-0.4, -0.2) is 26.0 Å². The van der Waals surface area contributed by atoms with Crippen LogP contribution in [0.15, 0.2) is 6.20 Å². The summed E-state index contributed by atoms with van der Waals surface area (Å²) in [4.78, 5) is 16.3. The molecule has 7 nitrogen and oxygen atoms in total. The number of nitrogens with zero attached hydrogens (tertiary/aromatic N) is 4. The summed E-state index contributed by atoms with van der Waals surface area (Å²) in [5.74, 6) is 0.365. The van der Waals surface area contributed by atoms with Gasteiger partial charge in [0, 0.05) is 12.6 Å². The molecule has 2 heterocycles. The molecule has 0 saturated heterocycles. The van der Waals surface area contributed by atoms with Gasteiger partial charge in [0.2, 0.25) is 5.95 Å². The molecule has 0 spiro atoms. The molecule has 0 bridgehead atoms. The van der Waals surface area contributed by atoms with Crippen molar-refractivity contribution in [2.24, 2.45) is 0 Å². The van der Waals surface area contributed by atoms with Crippen LogP contribution in [0.1, 0.15) is 19.5 Å². The molecule has 0 unspecified atom stereocenters. The van der Waals surface area contributed by atoms with Crippen LogP contribution in [0.5, 0.6) is 0 Å². The Kier molecular flexibility index (Phi) is 3.01. The molecule has 0 amide bonds. The van der Waals surface area contributed by atoms with Crippen molar-refractivity contribution < 1.29 is 0 Å². The molecule has 2 aromatic heterocycles. The summed E-state index contributed by atoms with van der Waals surface area (Å²) < 4.78 is 0. The van der Waals surface area contributed by atoms with Crippen LogP contribution in [-0.2, 0) is 6.54 Å². The fourth-order valence-corrected chi connectivity index (χ4v) is 1.38. The largest absolute Gasteiger partial charge is 0.382 e. The molecule has 0 fully saturated rings. The van der Waals surface area contributed by atoms with Crippen molar-refractivity contribution >= 4 is 22.9 Å². The molecular weight excluding hydrogens is 218 g/mol. The van der Waals surface area contributed by atoms with Crippen molar-refractivity contribution in [2.45, 2.75) is 26.4 Å². The topological polar surface area (TPSA) is 116 Å². The van der Waals surface area contributed by atoms with Crippen LogP contribution < -0.4 is 16.8 Å². The summed E-state index contributed by atoms with van der Waals surface area (Å²) in [5.41, 5.74) is 12.9. The van der Waals surface area contributed by atoms with Gasteiger partial charge in [-0.05, 0) is 0 Å². The highest BCUT2D eigenvalue weighted by molar-refractivity contribution is 5.81. The predicted octanol–water partition coefficient (Wildman–Crippen LogP) is 0.0822. The summed E-state index contributed by atoms with van der Waals surface area (Å²) in [6.45, 7) is 4.75. The van der Waals surface area contributed by atoms with Crippen LogP contribution in [0.3, 0.4) is 0 Å². The number of aromatic nitrogens is 4. The predicted molar refractivity (Wildman–Crippen MR) is 65.9 cm³/mol. The molecule has 17 heavy (non-hydrogen) atoms. The molecule has 90 valence electrons. The Bertz CT molecular complexity index is 537. The summed E-state index contributed by atoms with van der Waals surface area (Å²) >= 11 is 0. The minimum atomic E-state index is 0.109. The van der Waals surface area contributed by atoms with Crippen LogP contribution in [0.4, 0.5) is 11.8 Å².